The summed E-state index contributed by atoms with van der Waals surface area (Å²) in [5.41, 5.74) is 12.6. The Balaban J connectivity index is 0.000000323. The molecule has 0 bridgehead atoms. The lowest BCUT2D eigenvalue weighted by atomic mass is 9.92. The number of aromatic carboxylic acids is 1. The number of aliphatic hydroxyl groups is 1. The summed E-state index contributed by atoms with van der Waals surface area (Å²) in [6.45, 7) is 17.2. The average Bonchev–Trinajstić information content (AvgIpc) is 3.16. The van der Waals surface area contributed by atoms with Gasteiger partial charge in [-0.3, -0.25) is 24.0 Å². The monoisotopic (exact) mass is 829 g/mol. The smallest absolute Gasteiger partial charge is 0.335 e. The number of rotatable bonds is 12. The van der Waals surface area contributed by atoms with E-state index >= 15 is 0 Å². The number of carbonyl (C=O) groups excluding carboxylic acids is 5. The fraction of sp³-hybridized carbons (Fsp3) is 0.333. The summed E-state index contributed by atoms with van der Waals surface area (Å²) in [6.07, 6.45) is -0.757. The number of nitrogens with one attached hydrogen (secondary N) is 3. The van der Waals surface area contributed by atoms with Crippen LogP contribution in [0.3, 0.4) is 0 Å². The Morgan fingerprint density at radius 3 is 1.30 bits per heavy atom. The standard InChI is InChI=1S/C24H30FN3O4.C21H23FN2O4/c1-13(29)11-27-23(32)16-9-18(14(2)20(25)10-16)17-7-6-15(8-19(17)21(26)30)22(31)28-12-24(3,4)5;1-11-15(8-13(20(27)28)9-17(11)22)14-6-5-12(7-16(14)18(23)25)19(26)24-10-21(2,3)4/h6-10,13,29H,11-12H2,1-5H3,(H2,26,30)(H,27,32)(H,28,31);5-9H,10H2,1-4H3,(H2,23,25)(H,24,26)(H,27,28)/t13-;/m1./s1. The van der Waals surface area contributed by atoms with Gasteiger partial charge < -0.3 is 37.6 Å². The summed E-state index contributed by atoms with van der Waals surface area (Å²) in [7, 11) is 0. The fourth-order valence-electron chi connectivity index (χ4n) is 5.66. The first-order valence-corrected chi connectivity index (χ1v) is 19.0. The van der Waals surface area contributed by atoms with E-state index in [9.17, 15) is 47.8 Å². The highest BCUT2D eigenvalue weighted by molar-refractivity contribution is 6.06. The second-order valence-electron chi connectivity index (χ2n) is 16.9. The van der Waals surface area contributed by atoms with Gasteiger partial charge in [0, 0.05) is 47.5 Å². The highest BCUT2D eigenvalue weighted by Crippen LogP contribution is 2.32. The second kappa shape index (κ2) is 19.5. The van der Waals surface area contributed by atoms with Gasteiger partial charge in [-0.2, -0.15) is 0 Å². The maximum absolute atomic E-state index is 14.6. The number of amides is 5. The zero-order valence-electron chi connectivity index (χ0n) is 35.2. The number of carbonyl (C=O) groups is 6. The molecule has 9 N–H and O–H groups in total. The molecule has 0 radical (unpaired) electrons. The maximum atomic E-state index is 14.6. The van der Waals surface area contributed by atoms with Crippen molar-refractivity contribution in [3.05, 3.63) is 117 Å². The molecule has 4 aromatic rings. The topological polar surface area (TPSA) is 231 Å². The predicted molar refractivity (Wildman–Crippen MR) is 225 cm³/mol. The molecule has 0 saturated carbocycles. The van der Waals surface area contributed by atoms with E-state index in [2.05, 4.69) is 16.0 Å². The first kappa shape index (κ1) is 47.9. The van der Waals surface area contributed by atoms with Crippen molar-refractivity contribution in [2.24, 2.45) is 22.3 Å². The fourth-order valence-corrected chi connectivity index (χ4v) is 5.66. The third-order valence-corrected chi connectivity index (χ3v) is 8.99. The lowest BCUT2D eigenvalue weighted by Gasteiger charge is -2.19. The normalized spacial score (nSPS) is 11.7. The van der Waals surface area contributed by atoms with E-state index in [0.29, 0.717) is 24.2 Å². The van der Waals surface area contributed by atoms with Gasteiger partial charge in [-0.15, -0.1) is 0 Å². The van der Waals surface area contributed by atoms with Gasteiger partial charge >= 0.3 is 5.97 Å². The third kappa shape index (κ3) is 13.0. The van der Waals surface area contributed by atoms with Gasteiger partial charge in [-0.25, -0.2) is 13.6 Å². The van der Waals surface area contributed by atoms with E-state index in [1.54, 1.807) is 0 Å². The Morgan fingerprint density at radius 1 is 0.583 bits per heavy atom. The van der Waals surface area contributed by atoms with Gasteiger partial charge in [-0.05, 0) is 114 Å². The molecule has 0 spiro atoms. The molecular weight excluding hydrogens is 777 g/mol. The van der Waals surface area contributed by atoms with Crippen LogP contribution in [0.15, 0.2) is 60.7 Å². The molecule has 1 atom stereocenters. The summed E-state index contributed by atoms with van der Waals surface area (Å²) in [5.74, 6) is -5.52. The van der Waals surface area contributed by atoms with Crippen LogP contribution in [0.2, 0.25) is 0 Å². The number of halogens is 2. The third-order valence-electron chi connectivity index (χ3n) is 8.99. The minimum Gasteiger partial charge on any atom is -0.478 e. The molecule has 0 aromatic heterocycles. The molecule has 60 heavy (non-hydrogen) atoms. The van der Waals surface area contributed by atoms with E-state index in [-0.39, 0.29) is 84.8 Å². The van der Waals surface area contributed by atoms with E-state index in [1.165, 1.54) is 69.3 Å². The highest BCUT2D eigenvalue weighted by atomic mass is 19.1. The SMILES string of the molecule is Cc1c(F)cc(C(=O)NC[C@@H](C)O)cc1-c1ccc(C(=O)NCC(C)(C)C)cc1C(N)=O.Cc1c(F)cc(C(=O)O)cc1-c1ccc(C(=O)NCC(C)(C)C)cc1C(N)=O. The lowest BCUT2D eigenvalue weighted by molar-refractivity contribution is 0.0695. The highest BCUT2D eigenvalue weighted by Gasteiger charge is 2.22. The van der Waals surface area contributed by atoms with Crippen molar-refractivity contribution in [1.29, 1.82) is 0 Å². The number of carboxylic acids is 1. The van der Waals surface area contributed by atoms with Crippen molar-refractivity contribution in [3.63, 3.8) is 0 Å². The Bertz CT molecular complexity index is 2330. The molecule has 0 aliphatic heterocycles. The van der Waals surface area contributed by atoms with Crippen LogP contribution < -0.4 is 27.4 Å². The largest absolute Gasteiger partial charge is 0.478 e. The number of benzene rings is 4. The minimum absolute atomic E-state index is 0.00782. The van der Waals surface area contributed by atoms with E-state index in [4.69, 9.17) is 11.5 Å². The molecule has 0 unspecified atom stereocenters. The predicted octanol–water partition coefficient (Wildman–Crippen LogP) is 6.16. The lowest BCUT2D eigenvalue weighted by Crippen LogP contribution is -2.32. The van der Waals surface area contributed by atoms with Crippen LogP contribution in [0.1, 0.15) is 122 Å². The summed E-state index contributed by atoms with van der Waals surface area (Å²) < 4.78 is 28.8. The molecule has 0 fully saturated rings. The van der Waals surface area contributed by atoms with E-state index in [1.807, 2.05) is 41.5 Å². The quantitative estimate of drug-likeness (QED) is 0.0872. The van der Waals surface area contributed by atoms with Crippen LogP contribution in [0.25, 0.3) is 22.3 Å². The van der Waals surface area contributed by atoms with Crippen LogP contribution in [0, 0.1) is 36.3 Å². The zero-order valence-corrected chi connectivity index (χ0v) is 35.2. The van der Waals surface area contributed by atoms with Crippen molar-refractivity contribution >= 4 is 35.5 Å². The Morgan fingerprint density at radius 2 is 0.950 bits per heavy atom. The Labute approximate surface area is 347 Å². The van der Waals surface area contributed by atoms with Gasteiger partial charge in [-0.1, -0.05) is 53.7 Å². The van der Waals surface area contributed by atoms with Gasteiger partial charge in [0.15, 0.2) is 0 Å². The van der Waals surface area contributed by atoms with Gasteiger partial charge in [0.05, 0.1) is 11.7 Å². The number of primary amides is 2. The molecule has 15 heteroatoms. The first-order valence-electron chi connectivity index (χ1n) is 19.0. The number of hydrogen-bond donors (Lipinski definition) is 7. The molecule has 13 nitrogen and oxygen atoms in total. The Hall–Kier alpha value is -6.48. The number of aliphatic hydroxyl groups excluding tert-OH is 1. The second-order valence-corrected chi connectivity index (χ2v) is 16.9. The molecule has 4 rings (SSSR count). The van der Waals surface area contributed by atoms with Crippen LogP contribution in [0.5, 0.6) is 0 Å². The van der Waals surface area contributed by atoms with E-state index in [0.717, 1.165) is 12.1 Å². The maximum Gasteiger partial charge on any atom is 0.335 e. The molecular formula is C45H53F2N5O8. The molecule has 0 aliphatic rings. The van der Waals surface area contributed by atoms with Crippen LogP contribution in [-0.4, -0.2) is 71.5 Å². The van der Waals surface area contributed by atoms with Crippen molar-refractivity contribution in [2.45, 2.75) is 68.4 Å². The summed E-state index contributed by atoms with van der Waals surface area (Å²) >= 11 is 0. The van der Waals surface area contributed by atoms with Crippen molar-refractivity contribution in [3.8, 4) is 22.3 Å². The summed E-state index contributed by atoms with van der Waals surface area (Å²) in [6, 6.07) is 13.5. The number of hydrogen-bond acceptors (Lipinski definition) is 7. The van der Waals surface area contributed by atoms with Gasteiger partial charge in [0.25, 0.3) is 17.7 Å². The first-order chi connectivity index (χ1) is 27.7. The molecule has 4 aromatic carbocycles. The van der Waals surface area contributed by atoms with Gasteiger partial charge in [0.1, 0.15) is 11.6 Å². The molecule has 320 valence electrons. The minimum atomic E-state index is -1.29. The van der Waals surface area contributed by atoms with Crippen molar-refractivity contribution in [1.82, 2.24) is 16.0 Å². The average molecular weight is 830 g/mol. The van der Waals surface area contributed by atoms with Crippen molar-refractivity contribution in [2.75, 3.05) is 19.6 Å². The zero-order chi connectivity index (χ0) is 45.4. The van der Waals surface area contributed by atoms with Gasteiger partial charge in [0.2, 0.25) is 11.8 Å². The molecule has 0 heterocycles. The number of nitrogens with two attached hydrogens (primary N) is 2. The summed E-state index contributed by atoms with van der Waals surface area (Å²) in [4.78, 5) is 72.7. The summed E-state index contributed by atoms with van der Waals surface area (Å²) in [5, 5.41) is 26.6. The van der Waals surface area contributed by atoms with E-state index < -0.39 is 41.4 Å². The van der Waals surface area contributed by atoms with Crippen LogP contribution >= 0.6 is 0 Å². The Kier molecular flexibility index (Phi) is 15.6. The van der Waals surface area contributed by atoms with Crippen LogP contribution in [-0.2, 0) is 0 Å². The van der Waals surface area contributed by atoms with Crippen LogP contribution in [0.4, 0.5) is 8.78 Å². The number of carboxylic acid groups (broad SMARTS) is 1. The molecule has 0 saturated heterocycles. The molecule has 0 aliphatic carbocycles. The molecule has 5 amide bonds. The van der Waals surface area contributed by atoms with Crippen molar-refractivity contribution < 1.29 is 47.8 Å².